The van der Waals surface area contributed by atoms with Crippen molar-refractivity contribution in [3.8, 4) is 0 Å². The van der Waals surface area contributed by atoms with Gasteiger partial charge in [0.15, 0.2) is 5.16 Å². The molecule has 0 bridgehead atoms. The van der Waals surface area contributed by atoms with Gasteiger partial charge in [-0.3, -0.25) is 0 Å². The smallest absolute Gasteiger partial charge is 0.191 e. The Morgan fingerprint density at radius 2 is 2.00 bits per heavy atom. The Kier molecular flexibility index (Phi) is 4.38. The van der Waals surface area contributed by atoms with Crippen molar-refractivity contribution in [1.29, 1.82) is 0 Å². The van der Waals surface area contributed by atoms with Crippen LogP contribution in [0.3, 0.4) is 0 Å². The number of thioether (sulfide) groups is 1. The van der Waals surface area contributed by atoms with Crippen molar-refractivity contribution in [1.82, 2.24) is 20.1 Å². The van der Waals surface area contributed by atoms with Crippen LogP contribution in [0.2, 0.25) is 0 Å². The standard InChI is InChI=1S/C13H18N4S/c1-10(18-13-16-15-9-17(13)3)12(14-2)11-7-5-4-6-8-11/h4-10,12,14H,1-3H3. The maximum atomic E-state index is 4.11. The SMILES string of the molecule is CNC(c1ccccc1)C(C)Sc1nncn1C. The van der Waals surface area contributed by atoms with E-state index < -0.39 is 0 Å². The highest BCUT2D eigenvalue weighted by Gasteiger charge is 2.20. The average molecular weight is 262 g/mol. The zero-order valence-corrected chi connectivity index (χ0v) is 11.7. The minimum atomic E-state index is 0.299. The molecular weight excluding hydrogens is 244 g/mol. The van der Waals surface area contributed by atoms with Gasteiger partial charge in [-0.15, -0.1) is 10.2 Å². The van der Waals surface area contributed by atoms with E-state index in [0.717, 1.165) is 5.16 Å². The fourth-order valence-electron chi connectivity index (χ4n) is 1.95. The van der Waals surface area contributed by atoms with Crippen molar-refractivity contribution in [3.05, 3.63) is 42.2 Å². The average Bonchev–Trinajstić information content (AvgIpc) is 2.77. The highest BCUT2D eigenvalue weighted by Crippen LogP contribution is 2.30. The zero-order chi connectivity index (χ0) is 13.0. The fourth-order valence-corrected chi connectivity index (χ4v) is 3.02. The number of hydrogen-bond acceptors (Lipinski definition) is 4. The molecule has 1 aromatic heterocycles. The number of hydrogen-bond donors (Lipinski definition) is 1. The molecule has 1 heterocycles. The minimum absolute atomic E-state index is 0.299. The van der Waals surface area contributed by atoms with E-state index in [4.69, 9.17) is 0 Å². The third-order valence-electron chi connectivity index (χ3n) is 2.90. The zero-order valence-electron chi connectivity index (χ0n) is 10.9. The van der Waals surface area contributed by atoms with Crippen LogP contribution in [0, 0.1) is 0 Å². The molecule has 2 aromatic rings. The molecule has 0 aliphatic carbocycles. The molecule has 18 heavy (non-hydrogen) atoms. The van der Waals surface area contributed by atoms with Crippen LogP contribution in [0.25, 0.3) is 0 Å². The molecule has 0 radical (unpaired) electrons. The van der Waals surface area contributed by atoms with Gasteiger partial charge in [0.2, 0.25) is 0 Å². The summed E-state index contributed by atoms with van der Waals surface area (Å²) >= 11 is 1.73. The molecule has 0 aliphatic rings. The second-order valence-electron chi connectivity index (χ2n) is 4.22. The van der Waals surface area contributed by atoms with Gasteiger partial charge in [-0.25, -0.2) is 0 Å². The molecule has 2 unspecified atom stereocenters. The molecule has 0 saturated carbocycles. The Labute approximate surface area is 112 Å². The molecule has 4 nitrogen and oxygen atoms in total. The van der Waals surface area contributed by atoms with Gasteiger partial charge >= 0.3 is 0 Å². The summed E-state index contributed by atoms with van der Waals surface area (Å²) in [6.45, 7) is 2.20. The van der Waals surface area contributed by atoms with E-state index in [2.05, 4.69) is 46.7 Å². The van der Waals surface area contributed by atoms with Crippen molar-refractivity contribution in [2.45, 2.75) is 23.4 Å². The largest absolute Gasteiger partial charge is 0.312 e. The van der Waals surface area contributed by atoms with Crippen LogP contribution in [0.1, 0.15) is 18.5 Å². The Balaban J connectivity index is 2.11. The molecule has 0 fully saturated rings. The summed E-state index contributed by atoms with van der Waals surface area (Å²) < 4.78 is 1.94. The number of nitrogens with zero attached hydrogens (tertiary/aromatic N) is 3. The quantitative estimate of drug-likeness (QED) is 0.839. The van der Waals surface area contributed by atoms with Crippen LogP contribution < -0.4 is 5.32 Å². The number of aromatic nitrogens is 3. The second kappa shape index (κ2) is 6.02. The summed E-state index contributed by atoms with van der Waals surface area (Å²) in [5, 5.41) is 12.7. The van der Waals surface area contributed by atoms with Gasteiger partial charge in [-0.1, -0.05) is 49.0 Å². The van der Waals surface area contributed by atoms with E-state index in [1.807, 2.05) is 24.7 Å². The fraction of sp³-hybridized carbons (Fsp3) is 0.385. The predicted octanol–water partition coefficient (Wildman–Crippen LogP) is 2.26. The lowest BCUT2D eigenvalue weighted by molar-refractivity contribution is 0.587. The maximum absolute atomic E-state index is 4.11. The summed E-state index contributed by atoms with van der Waals surface area (Å²) in [5.41, 5.74) is 1.29. The highest BCUT2D eigenvalue weighted by atomic mass is 32.2. The van der Waals surface area contributed by atoms with E-state index in [1.165, 1.54) is 5.56 Å². The molecule has 0 aliphatic heterocycles. The lowest BCUT2D eigenvalue weighted by Gasteiger charge is -2.23. The molecule has 0 saturated heterocycles. The van der Waals surface area contributed by atoms with Gasteiger partial charge in [-0.2, -0.15) is 0 Å². The summed E-state index contributed by atoms with van der Waals surface area (Å²) in [6.07, 6.45) is 1.73. The molecule has 5 heteroatoms. The molecular formula is C13H18N4S. The van der Waals surface area contributed by atoms with Gasteiger partial charge in [0.25, 0.3) is 0 Å². The predicted molar refractivity (Wildman–Crippen MR) is 74.6 cm³/mol. The van der Waals surface area contributed by atoms with E-state index in [0.29, 0.717) is 11.3 Å². The van der Waals surface area contributed by atoms with Crippen molar-refractivity contribution in [2.75, 3.05) is 7.05 Å². The lowest BCUT2D eigenvalue weighted by atomic mass is 10.0. The third kappa shape index (κ3) is 2.91. The molecule has 1 N–H and O–H groups in total. The van der Waals surface area contributed by atoms with Crippen LogP contribution in [-0.4, -0.2) is 27.1 Å². The number of nitrogens with one attached hydrogen (secondary N) is 1. The van der Waals surface area contributed by atoms with Gasteiger partial charge < -0.3 is 9.88 Å². The summed E-state index contributed by atoms with van der Waals surface area (Å²) in [5.74, 6) is 0. The van der Waals surface area contributed by atoms with E-state index >= 15 is 0 Å². The van der Waals surface area contributed by atoms with Crippen molar-refractivity contribution >= 4 is 11.8 Å². The highest BCUT2D eigenvalue weighted by molar-refractivity contribution is 7.99. The van der Waals surface area contributed by atoms with Crippen molar-refractivity contribution in [3.63, 3.8) is 0 Å². The minimum Gasteiger partial charge on any atom is -0.312 e. The van der Waals surface area contributed by atoms with E-state index in [1.54, 1.807) is 18.1 Å². The van der Waals surface area contributed by atoms with Crippen LogP contribution in [-0.2, 0) is 7.05 Å². The first kappa shape index (κ1) is 13.1. The summed E-state index contributed by atoms with van der Waals surface area (Å²) in [6, 6.07) is 10.8. The Bertz CT molecular complexity index is 483. The summed E-state index contributed by atoms with van der Waals surface area (Å²) in [4.78, 5) is 0. The lowest BCUT2D eigenvalue weighted by Crippen LogP contribution is -2.25. The topological polar surface area (TPSA) is 42.7 Å². The van der Waals surface area contributed by atoms with Gasteiger partial charge in [0, 0.05) is 18.3 Å². The monoisotopic (exact) mass is 262 g/mol. The molecule has 1 aromatic carbocycles. The van der Waals surface area contributed by atoms with Gasteiger partial charge in [-0.05, 0) is 12.6 Å². The number of rotatable bonds is 5. The van der Waals surface area contributed by atoms with Gasteiger partial charge in [0.1, 0.15) is 6.33 Å². The van der Waals surface area contributed by atoms with Crippen LogP contribution >= 0.6 is 11.8 Å². The Morgan fingerprint density at radius 1 is 1.28 bits per heavy atom. The Hall–Kier alpha value is -1.33. The normalized spacial score (nSPS) is 14.4. The molecule has 96 valence electrons. The molecule has 0 spiro atoms. The molecule has 2 atom stereocenters. The van der Waals surface area contributed by atoms with Crippen molar-refractivity contribution < 1.29 is 0 Å². The maximum Gasteiger partial charge on any atom is 0.191 e. The second-order valence-corrected chi connectivity index (χ2v) is 5.57. The van der Waals surface area contributed by atoms with Crippen LogP contribution in [0.15, 0.2) is 41.8 Å². The first-order valence-corrected chi connectivity index (χ1v) is 6.83. The van der Waals surface area contributed by atoms with E-state index in [-0.39, 0.29) is 0 Å². The summed E-state index contributed by atoms with van der Waals surface area (Å²) in [7, 11) is 3.96. The Morgan fingerprint density at radius 3 is 2.56 bits per heavy atom. The first-order valence-electron chi connectivity index (χ1n) is 5.95. The van der Waals surface area contributed by atoms with Gasteiger partial charge in [0.05, 0.1) is 0 Å². The molecule has 2 rings (SSSR count). The molecule has 0 amide bonds. The third-order valence-corrected chi connectivity index (χ3v) is 4.12. The van der Waals surface area contributed by atoms with E-state index in [9.17, 15) is 0 Å². The van der Waals surface area contributed by atoms with Crippen molar-refractivity contribution in [2.24, 2.45) is 7.05 Å². The van der Waals surface area contributed by atoms with Crippen LogP contribution in [0.5, 0.6) is 0 Å². The first-order chi connectivity index (χ1) is 8.72. The number of aryl methyl sites for hydroxylation is 1. The van der Waals surface area contributed by atoms with Crippen LogP contribution in [0.4, 0.5) is 0 Å². The number of benzene rings is 1.